The number of carbonyl (C=O) groups excluding carboxylic acids is 1. The normalized spacial score (nSPS) is 15.7. The van der Waals surface area contributed by atoms with Crippen LogP contribution in [-0.4, -0.2) is 22.0 Å². The highest BCUT2D eigenvalue weighted by atomic mass is 16.4. The highest BCUT2D eigenvalue weighted by molar-refractivity contribution is 5.87. The molecule has 2 aromatic rings. The standard InChI is InChI=1S/C16H14N2O3/c19-15(13-7-11-3-1-2-4-12(11)13)18-9-10-5-6-14(16(20)21)17-8-10/h1-6,8,13H,7,9H2,(H,18,19)(H,20,21). The first-order chi connectivity index (χ1) is 10.1. The molecule has 1 aromatic carbocycles. The summed E-state index contributed by atoms with van der Waals surface area (Å²) in [5.74, 6) is -1.14. The monoisotopic (exact) mass is 282 g/mol. The van der Waals surface area contributed by atoms with Crippen molar-refractivity contribution in [3.63, 3.8) is 0 Å². The molecule has 106 valence electrons. The molecule has 1 atom stereocenters. The van der Waals surface area contributed by atoms with Crippen molar-refractivity contribution in [2.24, 2.45) is 0 Å². The predicted octanol–water partition coefficient (Wildman–Crippen LogP) is 1.74. The minimum absolute atomic E-state index is 0.00185. The number of aromatic carboxylic acids is 1. The van der Waals surface area contributed by atoms with Gasteiger partial charge in [-0.05, 0) is 29.2 Å². The van der Waals surface area contributed by atoms with Crippen molar-refractivity contribution >= 4 is 11.9 Å². The molecule has 0 spiro atoms. The molecule has 1 amide bonds. The highest BCUT2D eigenvalue weighted by Gasteiger charge is 2.31. The number of hydrogen-bond donors (Lipinski definition) is 2. The molecule has 0 saturated heterocycles. The van der Waals surface area contributed by atoms with Crippen molar-refractivity contribution in [3.8, 4) is 0 Å². The SMILES string of the molecule is O=C(O)c1ccc(CNC(=O)C2Cc3ccccc32)cn1. The van der Waals surface area contributed by atoms with E-state index in [2.05, 4.69) is 10.3 Å². The molecule has 0 aliphatic heterocycles. The van der Waals surface area contributed by atoms with Gasteiger partial charge in [0, 0.05) is 12.7 Å². The number of amides is 1. The van der Waals surface area contributed by atoms with Crippen molar-refractivity contribution in [1.29, 1.82) is 0 Å². The fourth-order valence-electron chi connectivity index (χ4n) is 2.46. The molecule has 0 fully saturated rings. The first-order valence-electron chi connectivity index (χ1n) is 6.69. The van der Waals surface area contributed by atoms with Crippen LogP contribution in [0.2, 0.25) is 0 Å². The molecule has 0 radical (unpaired) electrons. The Morgan fingerprint density at radius 2 is 2.05 bits per heavy atom. The number of carbonyl (C=O) groups is 2. The molecule has 1 unspecified atom stereocenters. The van der Waals surface area contributed by atoms with Gasteiger partial charge in [-0.1, -0.05) is 30.3 Å². The Balaban J connectivity index is 1.59. The predicted molar refractivity (Wildman–Crippen MR) is 75.9 cm³/mol. The smallest absolute Gasteiger partial charge is 0.354 e. The lowest BCUT2D eigenvalue weighted by Crippen LogP contribution is -2.35. The van der Waals surface area contributed by atoms with Gasteiger partial charge in [-0.3, -0.25) is 4.79 Å². The summed E-state index contributed by atoms with van der Waals surface area (Å²) in [6.07, 6.45) is 2.25. The van der Waals surface area contributed by atoms with Crippen LogP contribution in [0.3, 0.4) is 0 Å². The van der Waals surface area contributed by atoms with Crippen LogP contribution in [-0.2, 0) is 17.8 Å². The first kappa shape index (κ1) is 13.3. The number of rotatable bonds is 4. The number of aromatic nitrogens is 1. The number of pyridine rings is 1. The number of fused-ring (bicyclic) bond motifs is 1. The molecule has 3 rings (SSSR count). The minimum atomic E-state index is -1.06. The van der Waals surface area contributed by atoms with Crippen LogP contribution in [0, 0.1) is 0 Å². The van der Waals surface area contributed by atoms with E-state index in [1.807, 2.05) is 24.3 Å². The van der Waals surface area contributed by atoms with Gasteiger partial charge in [0.1, 0.15) is 5.69 Å². The molecule has 0 bridgehead atoms. The molecule has 5 nitrogen and oxygen atoms in total. The van der Waals surface area contributed by atoms with E-state index in [0.29, 0.717) is 6.54 Å². The van der Waals surface area contributed by atoms with Gasteiger partial charge in [-0.2, -0.15) is 0 Å². The molecule has 2 N–H and O–H groups in total. The number of nitrogens with zero attached hydrogens (tertiary/aromatic N) is 1. The lowest BCUT2D eigenvalue weighted by molar-refractivity contribution is -0.123. The van der Waals surface area contributed by atoms with Crippen LogP contribution in [0.5, 0.6) is 0 Å². The second-order valence-corrected chi connectivity index (χ2v) is 5.03. The first-order valence-corrected chi connectivity index (χ1v) is 6.69. The van der Waals surface area contributed by atoms with E-state index in [0.717, 1.165) is 17.5 Å². The average molecular weight is 282 g/mol. The largest absolute Gasteiger partial charge is 0.477 e. The summed E-state index contributed by atoms with van der Waals surface area (Å²) in [4.78, 5) is 26.6. The average Bonchev–Trinajstić information content (AvgIpc) is 2.47. The summed E-state index contributed by atoms with van der Waals surface area (Å²) in [6.45, 7) is 0.352. The van der Waals surface area contributed by atoms with Gasteiger partial charge >= 0.3 is 5.97 Å². The quantitative estimate of drug-likeness (QED) is 0.895. The summed E-state index contributed by atoms with van der Waals surface area (Å²) in [6, 6.07) is 11.0. The Morgan fingerprint density at radius 1 is 1.24 bits per heavy atom. The maximum absolute atomic E-state index is 12.1. The van der Waals surface area contributed by atoms with Gasteiger partial charge in [-0.25, -0.2) is 9.78 Å². The topological polar surface area (TPSA) is 79.3 Å². The van der Waals surface area contributed by atoms with Crippen LogP contribution >= 0.6 is 0 Å². The van der Waals surface area contributed by atoms with Crippen LogP contribution < -0.4 is 5.32 Å². The Kier molecular flexibility index (Phi) is 3.39. The lowest BCUT2D eigenvalue weighted by atomic mass is 9.77. The van der Waals surface area contributed by atoms with Gasteiger partial charge in [0.15, 0.2) is 0 Å². The van der Waals surface area contributed by atoms with E-state index in [1.165, 1.54) is 17.8 Å². The summed E-state index contributed by atoms with van der Waals surface area (Å²) >= 11 is 0. The molecule has 1 aromatic heterocycles. The molecule has 1 aliphatic rings. The fraction of sp³-hybridized carbons (Fsp3) is 0.188. The third-order valence-electron chi connectivity index (χ3n) is 3.68. The van der Waals surface area contributed by atoms with E-state index in [9.17, 15) is 9.59 Å². The Morgan fingerprint density at radius 3 is 2.71 bits per heavy atom. The number of nitrogens with one attached hydrogen (secondary N) is 1. The molecule has 0 saturated carbocycles. The third-order valence-corrected chi connectivity index (χ3v) is 3.68. The highest BCUT2D eigenvalue weighted by Crippen LogP contribution is 2.34. The second-order valence-electron chi connectivity index (χ2n) is 5.03. The van der Waals surface area contributed by atoms with E-state index in [1.54, 1.807) is 6.07 Å². The van der Waals surface area contributed by atoms with Crippen LogP contribution in [0.25, 0.3) is 0 Å². The molecule has 21 heavy (non-hydrogen) atoms. The van der Waals surface area contributed by atoms with Gasteiger partial charge < -0.3 is 10.4 Å². The molecule has 1 aliphatic carbocycles. The van der Waals surface area contributed by atoms with E-state index in [-0.39, 0.29) is 17.5 Å². The number of carboxylic acid groups (broad SMARTS) is 1. The lowest BCUT2D eigenvalue weighted by Gasteiger charge is -2.28. The molecular weight excluding hydrogens is 268 g/mol. The third kappa shape index (κ3) is 2.63. The Labute approximate surface area is 121 Å². The summed E-state index contributed by atoms with van der Waals surface area (Å²) in [5.41, 5.74) is 3.10. The zero-order valence-electron chi connectivity index (χ0n) is 11.2. The maximum atomic E-state index is 12.1. The zero-order valence-corrected chi connectivity index (χ0v) is 11.2. The second kappa shape index (κ2) is 5.36. The molecule has 5 heteroatoms. The van der Waals surface area contributed by atoms with E-state index < -0.39 is 5.97 Å². The van der Waals surface area contributed by atoms with Crippen molar-refractivity contribution in [2.45, 2.75) is 18.9 Å². The Bertz CT molecular complexity index is 695. The van der Waals surface area contributed by atoms with E-state index in [4.69, 9.17) is 5.11 Å². The maximum Gasteiger partial charge on any atom is 0.354 e. The summed E-state index contributed by atoms with van der Waals surface area (Å²) in [7, 11) is 0. The molecule has 1 heterocycles. The van der Waals surface area contributed by atoms with Gasteiger partial charge in [0.05, 0.1) is 5.92 Å². The van der Waals surface area contributed by atoms with Crippen LogP contribution in [0.4, 0.5) is 0 Å². The Hall–Kier alpha value is -2.69. The van der Waals surface area contributed by atoms with Crippen LogP contribution in [0.15, 0.2) is 42.6 Å². The van der Waals surface area contributed by atoms with Gasteiger partial charge in [0.25, 0.3) is 0 Å². The number of hydrogen-bond acceptors (Lipinski definition) is 3. The van der Waals surface area contributed by atoms with E-state index >= 15 is 0 Å². The van der Waals surface area contributed by atoms with Crippen molar-refractivity contribution in [3.05, 3.63) is 65.0 Å². The van der Waals surface area contributed by atoms with Gasteiger partial charge in [-0.15, -0.1) is 0 Å². The number of benzene rings is 1. The summed E-state index contributed by atoms with van der Waals surface area (Å²) in [5, 5.41) is 11.6. The van der Waals surface area contributed by atoms with Gasteiger partial charge in [0.2, 0.25) is 5.91 Å². The molecular formula is C16H14N2O3. The van der Waals surface area contributed by atoms with Crippen LogP contribution in [0.1, 0.15) is 33.1 Å². The summed E-state index contributed by atoms with van der Waals surface area (Å²) < 4.78 is 0. The van der Waals surface area contributed by atoms with Crippen molar-refractivity contribution in [2.75, 3.05) is 0 Å². The zero-order chi connectivity index (χ0) is 14.8. The fourth-order valence-corrected chi connectivity index (χ4v) is 2.46. The number of carboxylic acids is 1. The van der Waals surface area contributed by atoms with Crippen molar-refractivity contribution < 1.29 is 14.7 Å². The minimum Gasteiger partial charge on any atom is -0.477 e. The van der Waals surface area contributed by atoms with Crippen molar-refractivity contribution in [1.82, 2.24) is 10.3 Å².